The highest BCUT2D eigenvalue weighted by Crippen LogP contribution is 2.50. The third-order valence-corrected chi connectivity index (χ3v) is 10.0. The molecule has 7 aromatic rings. The van der Waals surface area contributed by atoms with Crippen LogP contribution in [0.25, 0.3) is 86.0 Å². The fourth-order valence-corrected chi connectivity index (χ4v) is 7.77. The van der Waals surface area contributed by atoms with Gasteiger partial charge in [-0.05, 0) is 103 Å². The fraction of sp³-hybridized carbons (Fsp3) is 0.0833. The van der Waals surface area contributed by atoms with Gasteiger partial charge in [0.05, 0.1) is 79.2 Å². The van der Waals surface area contributed by atoms with E-state index >= 15 is 0 Å². The zero-order valence-electron chi connectivity index (χ0n) is 34.9. The first-order valence-electron chi connectivity index (χ1n) is 20.1. The van der Waals surface area contributed by atoms with Crippen molar-refractivity contribution < 1.29 is 19.2 Å². The number of carbonyl (C=O) groups is 4. The van der Waals surface area contributed by atoms with Crippen molar-refractivity contribution in [2.24, 2.45) is 0 Å². The second-order valence-corrected chi connectivity index (χ2v) is 14.8. The number of hydrogen-bond donors (Lipinski definition) is 5. The van der Waals surface area contributed by atoms with Crippen molar-refractivity contribution in [2.45, 2.75) is 27.7 Å². The molecule has 0 atom stereocenters. The Morgan fingerprint density at radius 3 is 1.47 bits per heavy atom. The molecule has 314 valence electrons. The van der Waals surface area contributed by atoms with Gasteiger partial charge in [0, 0.05) is 74.6 Å². The van der Waals surface area contributed by atoms with Gasteiger partial charge in [0.25, 0.3) is 0 Å². The predicted molar refractivity (Wildman–Crippen MR) is 249 cm³/mol. The van der Waals surface area contributed by atoms with E-state index in [4.69, 9.17) is 29.9 Å². The van der Waals surface area contributed by atoms with Crippen LogP contribution in [0.4, 0.5) is 22.7 Å². The Hall–Kier alpha value is -8.92. The van der Waals surface area contributed by atoms with E-state index in [1.54, 1.807) is 73.3 Å². The molecule has 16 heteroatoms. The van der Waals surface area contributed by atoms with E-state index in [1.165, 1.54) is 27.7 Å². The summed E-state index contributed by atoms with van der Waals surface area (Å²) in [6, 6.07) is 23.3. The van der Waals surface area contributed by atoms with Gasteiger partial charge < -0.3 is 26.3 Å². The van der Waals surface area contributed by atoms with Crippen molar-refractivity contribution in [2.75, 3.05) is 21.3 Å². The van der Waals surface area contributed by atoms with Crippen LogP contribution < -0.4 is 21.3 Å². The van der Waals surface area contributed by atoms with Crippen LogP contribution >= 0.6 is 0 Å². The summed E-state index contributed by atoms with van der Waals surface area (Å²) in [5.74, 6) is -1.16. The SMILES string of the molecule is CC(=O)Nc1cccnc1-c1c(-c2ncccc2NC(C)=O)c2c(-c3ncccc3NC(C)=O)c3nc(cc4ccc(cc5nc(cc1n2-c1ncccc1NC(C)=O)C=C5)[nH]4)C=C3. The van der Waals surface area contributed by atoms with E-state index in [2.05, 4.69) is 26.3 Å². The molecule has 64 heavy (non-hydrogen) atoms. The molecule has 16 nitrogen and oxygen atoms in total. The number of carbonyl (C=O) groups excluding carboxylic acids is 4. The second kappa shape index (κ2) is 16.9. The van der Waals surface area contributed by atoms with E-state index in [1.807, 2.05) is 59.2 Å². The summed E-state index contributed by atoms with van der Waals surface area (Å²) in [7, 11) is 0. The van der Waals surface area contributed by atoms with Gasteiger partial charge in [-0.3, -0.25) is 38.7 Å². The van der Waals surface area contributed by atoms with Crippen molar-refractivity contribution in [1.82, 2.24) is 39.5 Å². The molecule has 9 rings (SSSR count). The van der Waals surface area contributed by atoms with Crippen molar-refractivity contribution in [3.05, 3.63) is 126 Å². The van der Waals surface area contributed by atoms with Gasteiger partial charge >= 0.3 is 0 Å². The standard InChI is InChI=1S/C48H38N12O4/c1-26(61)53-36-9-5-19-49-44(36)41-35-18-17-33(59-35)24-32-14-13-30(57-32)23-31-15-16-34(58-31)25-40-42(45-37(54-27(2)62)10-6-20-50-45)43(46-38(55-28(3)63)11-7-21-51-46)47(41)60(40)48-39(56-29(4)64)12-8-22-52-48/h5-25,57H,1-4H3,(H,53,61)(H,54,62)(H,55,63)(H,56,64). The summed E-state index contributed by atoms with van der Waals surface area (Å²) < 4.78 is 1.84. The Morgan fingerprint density at radius 1 is 0.484 bits per heavy atom. The van der Waals surface area contributed by atoms with Crippen molar-refractivity contribution in [3.63, 3.8) is 0 Å². The fourth-order valence-electron chi connectivity index (χ4n) is 7.77. The van der Waals surface area contributed by atoms with Crippen LogP contribution in [-0.2, 0) is 19.2 Å². The highest BCUT2D eigenvalue weighted by atomic mass is 16.2. The summed E-state index contributed by atoms with van der Waals surface area (Å²) >= 11 is 0. The van der Waals surface area contributed by atoms with Crippen LogP contribution in [0.15, 0.2) is 104 Å². The number of aromatic nitrogens is 8. The number of hydrogen-bond acceptors (Lipinski definition) is 10. The molecule has 7 aromatic heterocycles. The number of anilines is 4. The lowest BCUT2D eigenvalue weighted by atomic mass is 9.96. The molecule has 0 spiro atoms. The maximum Gasteiger partial charge on any atom is 0.221 e. The third-order valence-electron chi connectivity index (χ3n) is 10.0. The van der Waals surface area contributed by atoms with E-state index in [0.29, 0.717) is 90.3 Å². The first-order valence-corrected chi connectivity index (χ1v) is 20.1. The van der Waals surface area contributed by atoms with Gasteiger partial charge in [-0.1, -0.05) is 0 Å². The lowest BCUT2D eigenvalue weighted by Crippen LogP contribution is -2.11. The topological polar surface area (TPSA) is 214 Å². The molecule has 0 unspecified atom stereocenters. The summed E-state index contributed by atoms with van der Waals surface area (Å²) in [6.45, 7) is 5.61. The van der Waals surface area contributed by atoms with E-state index in [9.17, 15) is 19.2 Å². The van der Waals surface area contributed by atoms with Crippen molar-refractivity contribution >= 4 is 92.7 Å². The normalized spacial score (nSPS) is 11.6. The van der Waals surface area contributed by atoms with Crippen LogP contribution in [0.1, 0.15) is 50.5 Å². The number of H-pyrrole nitrogens is 1. The lowest BCUT2D eigenvalue weighted by Gasteiger charge is -2.17. The summed E-state index contributed by atoms with van der Waals surface area (Å²) in [5.41, 5.74) is 8.08. The molecule has 0 aromatic carbocycles. The smallest absolute Gasteiger partial charge is 0.221 e. The summed E-state index contributed by atoms with van der Waals surface area (Å²) in [6.07, 6.45) is 13.9. The van der Waals surface area contributed by atoms with Gasteiger partial charge in [0.15, 0.2) is 5.82 Å². The Labute approximate surface area is 365 Å². The Morgan fingerprint density at radius 2 is 0.922 bits per heavy atom. The Bertz CT molecular complexity index is 3330. The van der Waals surface area contributed by atoms with Crippen molar-refractivity contribution in [3.8, 4) is 39.6 Å². The molecule has 9 heterocycles. The average Bonchev–Trinajstić information content (AvgIpc) is 4.07. The molecule has 4 amide bonds. The van der Waals surface area contributed by atoms with Crippen molar-refractivity contribution in [1.29, 1.82) is 0 Å². The van der Waals surface area contributed by atoms with E-state index < -0.39 is 0 Å². The van der Waals surface area contributed by atoms with Crippen LogP contribution in [0.3, 0.4) is 0 Å². The minimum Gasteiger partial charge on any atom is -0.355 e. The zero-order chi connectivity index (χ0) is 44.5. The average molecular weight is 847 g/mol. The third kappa shape index (κ3) is 8.01. The monoisotopic (exact) mass is 846 g/mol. The predicted octanol–water partition coefficient (Wildman–Crippen LogP) is 8.53. The van der Waals surface area contributed by atoms with Crippen LogP contribution in [0, 0.1) is 0 Å². The number of rotatable bonds is 8. The van der Waals surface area contributed by atoms with Crippen LogP contribution in [0.2, 0.25) is 0 Å². The van der Waals surface area contributed by atoms with Crippen LogP contribution in [-0.4, -0.2) is 63.1 Å². The van der Waals surface area contributed by atoms with Gasteiger partial charge in [0.1, 0.15) is 0 Å². The number of pyridine rings is 4. The highest BCUT2D eigenvalue weighted by molar-refractivity contribution is 6.15. The summed E-state index contributed by atoms with van der Waals surface area (Å²) in [4.78, 5) is 85.4. The number of amides is 4. The minimum atomic E-state index is -0.361. The highest BCUT2D eigenvalue weighted by Gasteiger charge is 2.32. The van der Waals surface area contributed by atoms with Gasteiger partial charge in [-0.25, -0.2) is 15.0 Å². The molecule has 5 N–H and O–H groups in total. The Balaban J connectivity index is 1.67. The molecule has 2 aliphatic heterocycles. The summed E-state index contributed by atoms with van der Waals surface area (Å²) in [5, 5.41) is 11.9. The van der Waals surface area contributed by atoms with Gasteiger partial charge in [-0.15, -0.1) is 0 Å². The molecular formula is C48H38N12O4. The lowest BCUT2D eigenvalue weighted by molar-refractivity contribution is -0.115. The minimum absolute atomic E-state index is 0.255. The van der Waals surface area contributed by atoms with E-state index in [0.717, 1.165) is 11.0 Å². The number of fused-ring (bicyclic) bond motifs is 8. The maximum atomic E-state index is 13.0. The van der Waals surface area contributed by atoms with Gasteiger partial charge in [0.2, 0.25) is 23.6 Å². The van der Waals surface area contributed by atoms with E-state index in [-0.39, 0.29) is 29.4 Å². The number of aromatic amines is 1. The first-order chi connectivity index (χ1) is 31.0. The first kappa shape index (κ1) is 40.5. The molecular weight excluding hydrogens is 809 g/mol. The molecule has 2 aliphatic rings. The van der Waals surface area contributed by atoms with Crippen LogP contribution in [0.5, 0.6) is 0 Å². The Kier molecular flexibility index (Phi) is 10.7. The molecule has 0 radical (unpaired) electrons. The largest absolute Gasteiger partial charge is 0.355 e. The number of nitrogens with zero attached hydrogens (tertiary/aromatic N) is 7. The zero-order valence-corrected chi connectivity index (χ0v) is 34.9. The number of nitrogens with one attached hydrogen (secondary N) is 5. The molecule has 0 aliphatic carbocycles. The second-order valence-electron chi connectivity index (χ2n) is 14.8. The molecule has 8 bridgehead atoms. The maximum absolute atomic E-state index is 13.0. The molecule has 0 fully saturated rings. The molecule has 0 saturated heterocycles. The molecule has 0 saturated carbocycles. The van der Waals surface area contributed by atoms with Gasteiger partial charge in [-0.2, -0.15) is 0 Å². The quantitative estimate of drug-likeness (QED) is 0.0983.